The monoisotopic (exact) mass is 305 g/mol. The summed E-state index contributed by atoms with van der Waals surface area (Å²) in [6.45, 7) is 2.67. The minimum Gasteiger partial charge on any atom is -0.330 e. The summed E-state index contributed by atoms with van der Waals surface area (Å²) in [5.74, 6) is -0.199. The lowest BCUT2D eigenvalue weighted by Crippen LogP contribution is -2.02. The van der Waals surface area contributed by atoms with Gasteiger partial charge in [0.25, 0.3) is 0 Å². The van der Waals surface area contributed by atoms with Crippen molar-refractivity contribution in [1.82, 2.24) is 0 Å². The molecule has 0 heterocycles. The Labute approximate surface area is 136 Å². The molecule has 3 rings (SSSR count). The standard InChI is InChI=1S/C21H20FN/c1-15-2-6-17(7-3-15)19-10-11-20(21(22)14-19)18-8-4-16(5-9-18)12-13-23/h2-11,14H,12-13,23H2,1H3. The van der Waals surface area contributed by atoms with Gasteiger partial charge in [-0.1, -0.05) is 66.2 Å². The predicted octanol–water partition coefficient (Wildman–Crippen LogP) is 4.97. The molecule has 0 saturated heterocycles. The van der Waals surface area contributed by atoms with E-state index in [2.05, 4.69) is 0 Å². The lowest BCUT2D eigenvalue weighted by molar-refractivity contribution is 0.632. The Balaban J connectivity index is 1.91. The first kappa shape index (κ1) is 15.4. The third-order valence-corrected chi connectivity index (χ3v) is 4.05. The van der Waals surface area contributed by atoms with Crippen LogP contribution in [-0.4, -0.2) is 6.54 Å². The fourth-order valence-corrected chi connectivity index (χ4v) is 2.69. The van der Waals surface area contributed by atoms with Gasteiger partial charge in [-0.05, 0) is 48.2 Å². The molecular weight excluding hydrogens is 285 g/mol. The minimum absolute atomic E-state index is 0.199. The predicted molar refractivity (Wildman–Crippen MR) is 94.8 cm³/mol. The average molecular weight is 305 g/mol. The van der Waals surface area contributed by atoms with Crippen molar-refractivity contribution in [2.45, 2.75) is 13.3 Å². The summed E-state index contributed by atoms with van der Waals surface area (Å²) in [6.07, 6.45) is 0.842. The molecule has 0 spiro atoms. The normalized spacial score (nSPS) is 10.7. The van der Waals surface area contributed by atoms with E-state index in [9.17, 15) is 4.39 Å². The number of hydrogen-bond acceptors (Lipinski definition) is 1. The molecule has 0 fully saturated rings. The number of nitrogens with two attached hydrogens (primary N) is 1. The second kappa shape index (κ2) is 6.76. The van der Waals surface area contributed by atoms with Crippen molar-refractivity contribution < 1.29 is 4.39 Å². The summed E-state index contributed by atoms with van der Waals surface area (Å²) in [6, 6.07) is 21.5. The zero-order valence-electron chi connectivity index (χ0n) is 13.2. The van der Waals surface area contributed by atoms with Crippen molar-refractivity contribution in [1.29, 1.82) is 0 Å². The van der Waals surface area contributed by atoms with E-state index in [1.807, 2.05) is 67.6 Å². The average Bonchev–Trinajstić information content (AvgIpc) is 2.57. The summed E-state index contributed by atoms with van der Waals surface area (Å²) >= 11 is 0. The molecule has 0 bridgehead atoms. The van der Waals surface area contributed by atoms with E-state index in [-0.39, 0.29) is 5.82 Å². The summed E-state index contributed by atoms with van der Waals surface area (Å²) in [4.78, 5) is 0. The highest BCUT2D eigenvalue weighted by molar-refractivity contribution is 5.71. The van der Waals surface area contributed by atoms with Crippen LogP contribution in [0.15, 0.2) is 66.7 Å². The van der Waals surface area contributed by atoms with Gasteiger partial charge in [-0.3, -0.25) is 0 Å². The van der Waals surface area contributed by atoms with E-state index in [0.29, 0.717) is 12.1 Å². The first-order valence-electron chi connectivity index (χ1n) is 7.83. The van der Waals surface area contributed by atoms with Gasteiger partial charge in [0.05, 0.1) is 0 Å². The van der Waals surface area contributed by atoms with Crippen molar-refractivity contribution in [2.24, 2.45) is 5.73 Å². The van der Waals surface area contributed by atoms with E-state index in [1.165, 1.54) is 11.1 Å². The van der Waals surface area contributed by atoms with Gasteiger partial charge in [0.1, 0.15) is 5.82 Å². The molecule has 0 radical (unpaired) electrons. The molecule has 0 aliphatic carbocycles. The molecule has 2 heteroatoms. The molecule has 0 aliphatic rings. The maximum Gasteiger partial charge on any atom is 0.131 e. The van der Waals surface area contributed by atoms with Gasteiger partial charge in [-0.15, -0.1) is 0 Å². The van der Waals surface area contributed by atoms with Crippen LogP contribution in [0.3, 0.4) is 0 Å². The molecule has 3 aromatic rings. The lowest BCUT2D eigenvalue weighted by Gasteiger charge is -2.08. The Bertz CT molecular complexity index is 789. The molecule has 0 unspecified atom stereocenters. The minimum atomic E-state index is -0.199. The van der Waals surface area contributed by atoms with Crippen LogP contribution in [0, 0.1) is 12.7 Å². The van der Waals surface area contributed by atoms with Crippen LogP contribution in [0.1, 0.15) is 11.1 Å². The maximum atomic E-state index is 14.5. The number of rotatable bonds is 4. The molecule has 0 amide bonds. The second-order valence-corrected chi connectivity index (χ2v) is 5.80. The van der Waals surface area contributed by atoms with Crippen LogP contribution in [0.25, 0.3) is 22.3 Å². The Morgan fingerprint density at radius 1 is 0.783 bits per heavy atom. The van der Waals surface area contributed by atoms with Gasteiger partial charge >= 0.3 is 0 Å². The largest absolute Gasteiger partial charge is 0.330 e. The van der Waals surface area contributed by atoms with Gasteiger partial charge in [0, 0.05) is 5.56 Å². The van der Waals surface area contributed by atoms with Gasteiger partial charge in [-0.25, -0.2) is 4.39 Å². The fourth-order valence-electron chi connectivity index (χ4n) is 2.69. The highest BCUT2D eigenvalue weighted by Crippen LogP contribution is 2.28. The molecule has 0 atom stereocenters. The summed E-state index contributed by atoms with van der Waals surface area (Å²) in [5.41, 5.74) is 11.4. The van der Waals surface area contributed by atoms with Crippen LogP contribution in [0.5, 0.6) is 0 Å². The zero-order valence-corrected chi connectivity index (χ0v) is 13.2. The van der Waals surface area contributed by atoms with E-state index in [1.54, 1.807) is 6.07 Å². The van der Waals surface area contributed by atoms with Crippen molar-refractivity contribution in [3.8, 4) is 22.3 Å². The molecule has 0 saturated carbocycles. The lowest BCUT2D eigenvalue weighted by atomic mass is 9.98. The van der Waals surface area contributed by atoms with Crippen LogP contribution in [0.2, 0.25) is 0 Å². The molecule has 2 N–H and O–H groups in total. The fraction of sp³-hybridized carbons (Fsp3) is 0.143. The number of halogens is 1. The van der Waals surface area contributed by atoms with Crippen LogP contribution < -0.4 is 5.73 Å². The number of benzene rings is 3. The molecule has 23 heavy (non-hydrogen) atoms. The van der Waals surface area contributed by atoms with E-state index >= 15 is 0 Å². The van der Waals surface area contributed by atoms with Crippen molar-refractivity contribution >= 4 is 0 Å². The van der Waals surface area contributed by atoms with E-state index < -0.39 is 0 Å². The molecule has 3 aromatic carbocycles. The Hall–Kier alpha value is -2.45. The van der Waals surface area contributed by atoms with Crippen LogP contribution in [0.4, 0.5) is 4.39 Å². The SMILES string of the molecule is Cc1ccc(-c2ccc(-c3ccc(CCN)cc3)c(F)c2)cc1. The second-order valence-electron chi connectivity index (χ2n) is 5.80. The number of aryl methyl sites for hydroxylation is 1. The van der Waals surface area contributed by atoms with Crippen molar-refractivity contribution in [3.63, 3.8) is 0 Å². The van der Waals surface area contributed by atoms with Gasteiger partial charge < -0.3 is 5.73 Å². The van der Waals surface area contributed by atoms with Gasteiger partial charge in [-0.2, -0.15) is 0 Å². The smallest absolute Gasteiger partial charge is 0.131 e. The quantitative estimate of drug-likeness (QED) is 0.723. The highest BCUT2D eigenvalue weighted by atomic mass is 19.1. The summed E-state index contributed by atoms with van der Waals surface area (Å²) in [5, 5.41) is 0. The van der Waals surface area contributed by atoms with E-state index in [0.717, 1.165) is 23.1 Å². The van der Waals surface area contributed by atoms with Crippen molar-refractivity contribution in [2.75, 3.05) is 6.54 Å². The maximum absolute atomic E-state index is 14.5. The zero-order chi connectivity index (χ0) is 16.2. The third kappa shape index (κ3) is 3.49. The topological polar surface area (TPSA) is 26.0 Å². The third-order valence-electron chi connectivity index (χ3n) is 4.05. The van der Waals surface area contributed by atoms with Crippen LogP contribution in [-0.2, 0) is 6.42 Å². The summed E-state index contributed by atoms with van der Waals surface area (Å²) < 4.78 is 14.5. The molecule has 116 valence electrons. The van der Waals surface area contributed by atoms with Crippen molar-refractivity contribution in [3.05, 3.63) is 83.7 Å². The Morgan fingerprint density at radius 3 is 2.00 bits per heavy atom. The molecule has 0 aliphatic heterocycles. The Kier molecular flexibility index (Phi) is 4.54. The summed E-state index contributed by atoms with van der Waals surface area (Å²) in [7, 11) is 0. The number of hydrogen-bond donors (Lipinski definition) is 1. The molecule has 1 nitrogen and oxygen atoms in total. The highest BCUT2D eigenvalue weighted by Gasteiger charge is 2.07. The Morgan fingerprint density at radius 2 is 1.39 bits per heavy atom. The van der Waals surface area contributed by atoms with Gasteiger partial charge in [0.15, 0.2) is 0 Å². The molecular formula is C21H20FN. The van der Waals surface area contributed by atoms with Crippen LogP contribution >= 0.6 is 0 Å². The van der Waals surface area contributed by atoms with E-state index in [4.69, 9.17) is 5.73 Å². The van der Waals surface area contributed by atoms with Gasteiger partial charge in [0.2, 0.25) is 0 Å². The first-order chi connectivity index (χ1) is 11.2. The molecule has 0 aromatic heterocycles. The first-order valence-corrected chi connectivity index (χ1v) is 7.83.